The van der Waals surface area contributed by atoms with E-state index >= 15 is 0 Å². The van der Waals surface area contributed by atoms with Gasteiger partial charge in [-0.3, -0.25) is 9.67 Å². The number of benzene rings is 1. The number of fused-ring (bicyclic) bond motifs is 1. The smallest absolute Gasteiger partial charge is 0.399 e. The summed E-state index contributed by atoms with van der Waals surface area (Å²) in [6, 6.07) is 10.2. The molecule has 0 unspecified atom stereocenters. The molecule has 0 radical (unpaired) electrons. The molecule has 25 heavy (non-hydrogen) atoms. The van der Waals surface area contributed by atoms with Crippen LogP contribution >= 0.6 is 0 Å². The molecule has 6 heteroatoms. The largest absolute Gasteiger partial charge is 0.494 e. The topological polar surface area (TPSA) is 49.2 Å². The summed E-state index contributed by atoms with van der Waals surface area (Å²) in [5.41, 5.74) is 2.38. The lowest BCUT2D eigenvalue weighted by atomic mass is 9.79. The maximum absolute atomic E-state index is 6.14. The van der Waals surface area contributed by atoms with Crippen molar-refractivity contribution < 1.29 is 9.31 Å². The molecule has 128 valence electrons. The Morgan fingerprint density at radius 1 is 1.08 bits per heavy atom. The van der Waals surface area contributed by atoms with Crippen LogP contribution in [0.5, 0.6) is 0 Å². The van der Waals surface area contributed by atoms with Crippen LogP contribution in [0.15, 0.2) is 48.9 Å². The van der Waals surface area contributed by atoms with Crippen LogP contribution in [0, 0.1) is 0 Å². The van der Waals surface area contributed by atoms with E-state index < -0.39 is 0 Å². The predicted molar refractivity (Wildman–Crippen MR) is 98.8 cm³/mol. The monoisotopic (exact) mass is 335 g/mol. The van der Waals surface area contributed by atoms with E-state index in [1.54, 1.807) is 6.20 Å². The van der Waals surface area contributed by atoms with Crippen LogP contribution in [0.25, 0.3) is 10.9 Å². The fourth-order valence-electron chi connectivity index (χ4n) is 2.97. The average molecular weight is 335 g/mol. The summed E-state index contributed by atoms with van der Waals surface area (Å²) in [4.78, 5) is 4.15. The standard InChI is InChI=1S/C19H22BN3O2/c1-18(2)19(3,4)25-20(24-18)16-8-7-15-13-23(22-17(15)10-16)12-14-6-5-9-21-11-14/h5-11,13H,12H2,1-4H3. The number of pyridine rings is 1. The lowest BCUT2D eigenvalue weighted by Crippen LogP contribution is -2.41. The van der Waals surface area contributed by atoms with Gasteiger partial charge in [0.25, 0.3) is 0 Å². The maximum Gasteiger partial charge on any atom is 0.494 e. The van der Waals surface area contributed by atoms with Gasteiger partial charge in [-0.2, -0.15) is 5.10 Å². The zero-order valence-corrected chi connectivity index (χ0v) is 15.1. The normalized spacial score (nSPS) is 18.8. The van der Waals surface area contributed by atoms with Crippen molar-refractivity contribution in [3.05, 3.63) is 54.5 Å². The van der Waals surface area contributed by atoms with Gasteiger partial charge in [0, 0.05) is 24.0 Å². The first-order valence-corrected chi connectivity index (χ1v) is 8.56. The number of hydrogen-bond acceptors (Lipinski definition) is 4. The second-order valence-electron chi connectivity index (χ2n) is 7.59. The summed E-state index contributed by atoms with van der Waals surface area (Å²) in [7, 11) is -0.363. The Balaban J connectivity index is 1.61. The number of rotatable bonds is 3. The van der Waals surface area contributed by atoms with Crippen molar-refractivity contribution in [3.63, 3.8) is 0 Å². The minimum absolute atomic E-state index is 0.341. The van der Waals surface area contributed by atoms with Crippen molar-refractivity contribution in [2.24, 2.45) is 0 Å². The molecule has 0 saturated carbocycles. The summed E-state index contributed by atoms with van der Waals surface area (Å²) < 4.78 is 14.2. The van der Waals surface area contributed by atoms with Crippen LogP contribution in [0.4, 0.5) is 0 Å². The minimum atomic E-state index is -0.363. The molecule has 3 heterocycles. The molecular weight excluding hydrogens is 313 g/mol. The van der Waals surface area contributed by atoms with E-state index in [0.717, 1.165) is 21.9 Å². The second-order valence-corrected chi connectivity index (χ2v) is 7.59. The Labute approximate surface area is 148 Å². The van der Waals surface area contributed by atoms with E-state index in [0.29, 0.717) is 6.54 Å². The first-order chi connectivity index (χ1) is 11.8. The highest BCUT2D eigenvalue weighted by Gasteiger charge is 2.51. The zero-order chi connectivity index (χ0) is 17.7. The Bertz CT molecular complexity index is 889. The minimum Gasteiger partial charge on any atom is -0.399 e. The molecule has 5 nitrogen and oxygen atoms in total. The average Bonchev–Trinajstić information content (AvgIpc) is 3.04. The molecule has 0 spiro atoms. The summed E-state index contributed by atoms with van der Waals surface area (Å²) in [6.07, 6.45) is 5.69. The predicted octanol–water partition coefficient (Wildman–Crippen LogP) is 2.78. The van der Waals surface area contributed by atoms with Gasteiger partial charge in [0.05, 0.1) is 23.3 Å². The van der Waals surface area contributed by atoms with Gasteiger partial charge in [0.2, 0.25) is 0 Å². The van der Waals surface area contributed by atoms with Gasteiger partial charge in [-0.1, -0.05) is 18.2 Å². The van der Waals surface area contributed by atoms with Gasteiger partial charge in [-0.25, -0.2) is 0 Å². The molecule has 3 aromatic rings. The third-order valence-corrected chi connectivity index (χ3v) is 5.17. The zero-order valence-electron chi connectivity index (χ0n) is 15.1. The number of aromatic nitrogens is 3. The molecule has 0 aliphatic carbocycles. The second kappa shape index (κ2) is 5.68. The van der Waals surface area contributed by atoms with Crippen molar-refractivity contribution >= 4 is 23.5 Å². The molecular formula is C19H22BN3O2. The van der Waals surface area contributed by atoms with Crippen molar-refractivity contribution in [2.75, 3.05) is 0 Å². The molecule has 0 amide bonds. The van der Waals surface area contributed by atoms with Crippen molar-refractivity contribution in [3.8, 4) is 0 Å². The maximum atomic E-state index is 6.14. The van der Waals surface area contributed by atoms with Crippen LogP contribution in [-0.2, 0) is 15.9 Å². The number of nitrogens with zero attached hydrogens (tertiary/aromatic N) is 3. The molecule has 2 aromatic heterocycles. The van der Waals surface area contributed by atoms with Crippen LogP contribution < -0.4 is 5.46 Å². The fourth-order valence-corrected chi connectivity index (χ4v) is 2.97. The summed E-state index contributed by atoms with van der Waals surface area (Å²) in [5.74, 6) is 0. The van der Waals surface area contributed by atoms with Crippen molar-refractivity contribution in [2.45, 2.75) is 45.4 Å². The Hall–Kier alpha value is -2.18. The van der Waals surface area contributed by atoms with Gasteiger partial charge in [0.1, 0.15) is 0 Å². The summed E-state index contributed by atoms with van der Waals surface area (Å²) >= 11 is 0. The lowest BCUT2D eigenvalue weighted by molar-refractivity contribution is 0.00578. The van der Waals surface area contributed by atoms with Crippen LogP contribution in [0.1, 0.15) is 33.3 Å². The van der Waals surface area contributed by atoms with Gasteiger partial charge >= 0.3 is 7.12 Å². The Morgan fingerprint density at radius 2 is 1.84 bits per heavy atom. The third kappa shape index (κ3) is 2.96. The third-order valence-electron chi connectivity index (χ3n) is 5.17. The molecule has 0 N–H and O–H groups in total. The number of hydrogen-bond donors (Lipinski definition) is 0. The summed E-state index contributed by atoms with van der Waals surface area (Å²) in [6.45, 7) is 8.96. The molecule has 1 fully saturated rings. The van der Waals surface area contributed by atoms with Crippen LogP contribution in [-0.4, -0.2) is 33.1 Å². The first-order valence-electron chi connectivity index (χ1n) is 8.56. The van der Waals surface area contributed by atoms with E-state index in [1.165, 1.54) is 0 Å². The molecule has 0 bridgehead atoms. The first kappa shape index (κ1) is 16.3. The highest BCUT2D eigenvalue weighted by atomic mass is 16.7. The highest BCUT2D eigenvalue weighted by molar-refractivity contribution is 6.62. The summed E-state index contributed by atoms with van der Waals surface area (Å²) in [5, 5.41) is 5.79. The molecule has 1 saturated heterocycles. The molecule has 1 aliphatic rings. The van der Waals surface area contributed by atoms with Gasteiger partial charge in [-0.05, 0) is 50.9 Å². The van der Waals surface area contributed by atoms with Crippen molar-refractivity contribution in [1.29, 1.82) is 0 Å². The van der Waals surface area contributed by atoms with Crippen molar-refractivity contribution in [1.82, 2.24) is 14.8 Å². The fraction of sp³-hybridized carbons (Fsp3) is 0.368. The van der Waals surface area contributed by atoms with E-state index in [1.807, 2.05) is 16.9 Å². The lowest BCUT2D eigenvalue weighted by Gasteiger charge is -2.32. The van der Waals surface area contributed by atoms with E-state index in [-0.39, 0.29) is 18.3 Å². The van der Waals surface area contributed by atoms with Crippen LogP contribution in [0.2, 0.25) is 0 Å². The van der Waals surface area contributed by atoms with Gasteiger partial charge in [0.15, 0.2) is 0 Å². The molecule has 4 rings (SSSR count). The Morgan fingerprint density at radius 3 is 2.52 bits per heavy atom. The molecule has 1 aromatic carbocycles. The highest BCUT2D eigenvalue weighted by Crippen LogP contribution is 2.36. The SMILES string of the molecule is CC1(C)OB(c2ccc3cn(Cc4cccnc4)nc3c2)OC1(C)C. The quantitative estimate of drug-likeness (QED) is 0.691. The van der Waals surface area contributed by atoms with Crippen LogP contribution in [0.3, 0.4) is 0 Å². The van der Waals surface area contributed by atoms with Gasteiger partial charge < -0.3 is 9.31 Å². The van der Waals surface area contributed by atoms with E-state index in [2.05, 4.69) is 63.1 Å². The van der Waals surface area contributed by atoms with Gasteiger partial charge in [-0.15, -0.1) is 0 Å². The van der Waals surface area contributed by atoms with E-state index in [9.17, 15) is 0 Å². The van der Waals surface area contributed by atoms with E-state index in [4.69, 9.17) is 14.4 Å². The Kier molecular flexibility index (Phi) is 3.70. The molecule has 0 atom stereocenters. The molecule has 1 aliphatic heterocycles.